The van der Waals surface area contributed by atoms with Crippen molar-refractivity contribution in [2.45, 2.75) is 39.2 Å². The van der Waals surface area contributed by atoms with Crippen LogP contribution in [0.15, 0.2) is 36.4 Å². The van der Waals surface area contributed by atoms with Gasteiger partial charge in [0.1, 0.15) is 0 Å². The van der Waals surface area contributed by atoms with Gasteiger partial charge < -0.3 is 30.6 Å². The molecule has 1 aliphatic carbocycles. The van der Waals surface area contributed by atoms with Crippen molar-refractivity contribution in [1.82, 2.24) is 10.2 Å². The maximum atomic E-state index is 9.55. The van der Waals surface area contributed by atoms with Gasteiger partial charge in [0.2, 0.25) is 0 Å². The van der Waals surface area contributed by atoms with Crippen LogP contribution in [0.5, 0.6) is 0 Å². The molecular weight excluding hydrogens is 456 g/mol. The Bertz CT molecular complexity index is 904. The van der Waals surface area contributed by atoms with Crippen molar-refractivity contribution < 1.29 is 39.6 Å². The van der Waals surface area contributed by atoms with Crippen molar-refractivity contribution in [3.05, 3.63) is 58.7 Å². The number of piperazine rings is 1. The Hall–Kier alpha value is -3.50. The van der Waals surface area contributed by atoms with Crippen LogP contribution >= 0.6 is 0 Å². The number of carbonyl (C=O) groups is 4. The van der Waals surface area contributed by atoms with E-state index in [9.17, 15) is 19.2 Å². The van der Waals surface area contributed by atoms with Crippen LogP contribution in [0.1, 0.15) is 28.7 Å². The highest BCUT2D eigenvalue weighted by atomic mass is 16.4. The topological polar surface area (TPSA) is 164 Å². The first kappa shape index (κ1) is 29.5. The first-order valence-corrected chi connectivity index (χ1v) is 11.2. The van der Waals surface area contributed by atoms with Gasteiger partial charge in [0.05, 0.1) is 0 Å². The Morgan fingerprint density at radius 2 is 1.31 bits per heavy atom. The molecule has 35 heavy (non-hydrogen) atoms. The zero-order chi connectivity index (χ0) is 26.5. The molecule has 2 atom stereocenters. The summed E-state index contributed by atoms with van der Waals surface area (Å²) in [5.41, 5.74) is 6.28. The van der Waals surface area contributed by atoms with E-state index in [-0.39, 0.29) is 0 Å². The number of aliphatic carboxylic acids is 4. The van der Waals surface area contributed by atoms with Crippen molar-refractivity contribution in [1.29, 1.82) is 0 Å². The molecule has 1 aromatic rings. The lowest BCUT2D eigenvalue weighted by Gasteiger charge is -2.41. The van der Waals surface area contributed by atoms with Crippen LogP contribution in [-0.2, 0) is 32.0 Å². The van der Waals surface area contributed by atoms with E-state index in [1.807, 2.05) is 0 Å². The number of carboxylic acids is 4. The van der Waals surface area contributed by atoms with Gasteiger partial charge in [-0.15, -0.1) is 0 Å². The molecule has 0 saturated carbocycles. The zero-order valence-electron chi connectivity index (χ0n) is 20.2. The first-order chi connectivity index (χ1) is 16.4. The molecule has 0 radical (unpaired) electrons. The average Bonchev–Trinajstić information content (AvgIpc) is 2.80. The van der Waals surface area contributed by atoms with Gasteiger partial charge >= 0.3 is 23.9 Å². The second-order valence-corrected chi connectivity index (χ2v) is 8.43. The number of aryl methyl sites for hydroxylation is 2. The molecule has 1 fully saturated rings. The number of fused-ring (bicyclic) bond motifs is 1. The molecule has 10 heteroatoms. The van der Waals surface area contributed by atoms with Crippen molar-refractivity contribution in [2.75, 3.05) is 26.7 Å². The SMILES string of the molecule is Cc1ccc(C)c2c1CCC(C1CNCCN1C)C2.O=C(O)/C=C\C(=O)O.O=C(O)/C=C\C(=O)O. The summed E-state index contributed by atoms with van der Waals surface area (Å²) in [6.07, 6.45) is 6.14. The monoisotopic (exact) mass is 490 g/mol. The molecule has 0 aromatic heterocycles. The van der Waals surface area contributed by atoms with Crippen LogP contribution < -0.4 is 5.32 Å². The van der Waals surface area contributed by atoms with Gasteiger partial charge in [-0.1, -0.05) is 12.1 Å². The van der Waals surface area contributed by atoms with E-state index in [1.54, 1.807) is 11.1 Å². The molecule has 2 aliphatic rings. The van der Waals surface area contributed by atoms with E-state index in [2.05, 4.69) is 43.2 Å². The number of nitrogens with zero attached hydrogens (tertiary/aromatic N) is 1. The number of benzene rings is 1. The number of hydrogen-bond acceptors (Lipinski definition) is 6. The molecule has 0 spiro atoms. The van der Waals surface area contributed by atoms with Gasteiger partial charge in [-0.25, -0.2) is 19.2 Å². The Balaban J connectivity index is 0.000000320. The third-order valence-corrected chi connectivity index (χ3v) is 5.97. The summed E-state index contributed by atoms with van der Waals surface area (Å²) in [6, 6.07) is 5.32. The number of likely N-dealkylation sites (N-methyl/N-ethyl adjacent to an activating group) is 1. The van der Waals surface area contributed by atoms with Crippen molar-refractivity contribution in [3.8, 4) is 0 Å². The number of carboxylic acid groups (broad SMARTS) is 4. The van der Waals surface area contributed by atoms with E-state index >= 15 is 0 Å². The van der Waals surface area contributed by atoms with Crippen molar-refractivity contribution in [2.24, 2.45) is 5.92 Å². The molecule has 3 rings (SSSR count). The van der Waals surface area contributed by atoms with Gasteiger partial charge in [-0.2, -0.15) is 0 Å². The first-order valence-electron chi connectivity index (χ1n) is 11.2. The standard InChI is InChI=1S/C17H26N2.2C4H4O4/c1-12-4-5-13(2)16-10-14(6-7-15(12)16)17-11-18-8-9-19(17)3;2*5-3(6)1-2-4(7)8/h4-5,14,17-18H,6-11H2,1-3H3;2*1-2H,(H,5,6)(H,7,8)/b;2*2-1-. The highest BCUT2D eigenvalue weighted by Crippen LogP contribution is 2.33. The van der Waals surface area contributed by atoms with Gasteiger partial charge in [0, 0.05) is 50.0 Å². The highest BCUT2D eigenvalue weighted by Gasteiger charge is 2.31. The summed E-state index contributed by atoms with van der Waals surface area (Å²) < 4.78 is 0. The predicted molar refractivity (Wildman–Crippen MR) is 130 cm³/mol. The largest absolute Gasteiger partial charge is 0.478 e. The van der Waals surface area contributed by atoms with Crippen LogP contribution in [-0.4, -0.2) is 81.9 Å². The van der Waals surface area contributed by atoms with Crippen molar-refractivity contribution >= 4 is 23.9 Å². The number of rotatable bonds is 5. The summed E-state index contributed by atoms with van der Waals surface area (Å²) in [6.45, 7) is 8.06. The molecular formula is C25H34N2O8. The molecule has 1 aliphatic heterocycles. The Kier molecular flexibility index (Phi) is 12.4. The average molecular weight is 491 g/mol. The van der Waals surface area contributed by atoms with Crippen LogP contribution in [0.4, 0.5) is 0 Å². The van der Waals surface area contributed by atoms with E-state index < -0.39 is 23.9 Å². The van der Waals surface area contributed by atoms with Gasteiger partial charge in [0.25, 0.3) is 0 Å². The Labute approximate surface area is 204 Å². The van der Waals surface area contributed by atoms with Crippen molar-refractivity contribution in [3.63, 3.8) is 0 Å². The van der Waals surface area contributed by atoms with Gasteiger partial charge in [-0.05, 0) is 68.3 Å². The van der Waals surface area contributed by atoms with E-state index in [1.165, 1.54) is 43.5 Å². The predicted octanol–water partition coefficient (Wildman–Crippen LogP) is 1.74. The summed E-state index contributed by atoms with van der Waals surface area (Å²) in [5, 5.41) is 34.8. The van der Waals surface area contributed by atoms with Crippen LogP contribution in [0.3, 0.4) is 0 Å². The molecule has 1 heterocycles. The second-order valence-electron chi connectivity index (χ2n) is 8.43. The normalized spacial score (nSPS) is 19.6. The Morgan fingerprint density at radius 3 is 1.74 bits per heavy atom. The third-order valence-electron chi connectivity index (χ3n) is 5.97. The molecule has 0 bridgehead atoms. The fraction of sp³-hybridized carbons (Fsp3) is 0.440. The van der Waals surface area contributed by atoms with E-state index in [4.69, 9.17) is 20.4 Å². The van der Waals surface area contributed by atoms with Crippen LogP contribution in [0.2, 0.25) is 0 Å². The molecule has 2 unspecified atom stereocenters. The second kappa shape index (κ2) is 14.7. The lowest BCUT2D eigenvalue weighted by molar-refractivity contribution is -0.134. The molecule has 192 valence electrons. The fourth-order valence-electron chi connectivity index (χ4n) is 4.22. The van der Waals surface area contributed by atoms with Crippen LogP contribution in [0.25, 0.3) is 0 Å². The Morgan fingerprint density at radius 1 is 0.857 bits per heavy atom. The van der Waals surface area contributed by atoms with Gasteiger partial charge in [-0.3, -0.25) is 0 Å². The summed E-state index contributed by atoms with van der Waals surface area (Å²) >= 11 is 0. The molecule has 5 N–H and O–H groups in total. The number of hydrogen-bond donors (Lipinski definition) is 5. The summed E-state index contributed by atoms with van der Waals surface area (Å²) in [5.74, 6) is -4.20. The lowest BCUT2D eigenvalue weighted by Crippen LogP contribution is -2.53. The smallest absolute Gasteiger partial charge is 0.328 e. The minimum Gasteiger partial charge on any atom is -0.478 e. The van der Waals surface area contributed by atoms with Crippen LogP contribution in [0, 0.1) is 19.8 Å². The zero-order valence-corrected chi connectivity index (χ0v) is 20.2. The summed E-state index contributed by atoms with van der Waals surface area (Å²) in [4.78, 5) is 40.8. The molecule has 10 nitrogen and oxygen atoms in total. The quantitative estimate of drug-likeness (QED) is 0.384. The maximum Gasteiger partial charge on any atom is 0.328 e. The summed E-state index contributed by atoms with van der Waals surface area (Å²) in [7, 11) is 2.30. The molecule has 1 aromatic carbocycles. The highest BCUT2D eigenvalue weighted by molar-refractivity contribution is 5.90. The lowest BCUT2D eigenvalue weighted by atomic mass is 9.76. The fourth-order valence-corrected chi connectivity index (χ4v) is 4.22. The van der Waals surface area contributed by atoms with E-state index in [0.29, 0.717) is 24.3 Å². The number of nitrogens with one attached hydrogen (secondary N) is 1. The maximum absolute atomic E-state index is 9.55. The van der Waals surface area contributed by atoms with Gasteiger partial charge in [0.15, 0.2) is 0 Å². The van der Waals surface area contributed by atoms with E-state index in [0.717, 1.165) is 18.5 Å². The minimum atomic E-state index is -1.26. The third kappa shape index (κ3) is 11.0. The molecule has 1 saturated heterocycles. The molecule has 0 amide bonds. The minimum absolute atomic E-state index is 0.558.